The van der Waals surface area contributed by atoms with Crippen LogP contribution in [0.15, 0.2) is 18.2 Å². The summed E-state index contributed by atoms with van der Waals surface area (Å²) < 4.78 is 4.73. The molecule has 0 saturated heterocycles. The van der Waals surface area contributed by atoms with Crippen molar-refractivity contribution in [1.82, 2.24) is 0 Å². The van der Waals surface area contributed by atoms with Gasteiger partial charge in [-0.05, 0) is 25.5 Å². The first-order valence-corrected chi connectivity index (χ1v) is 4.49. The number of ether oxygens (including phenoxy) is 1. The molecule has 0 aliphatic heterocycles. The molecule has 3 nitrogen and oxygen atoms in total. The third-order valence-corrected chi connectivity index (χ3v) is 1.93. The summed E-state index contributed by atoms with van der Waals surface area (Å²) in [5.74, 6) is -0.126. The molecule has 0 saturated carbocycles. The Balaban J connectivity index is 2.72. The fourth-order valence-electron chi connectivity index (χ4n) is 1.27. The molecule has 3 heteroatoms. The van der Waals surface area contributed by atoms with E-state index in [0.29, 0.717) is 0 Å². The van der Waals surface area contributed by atoms with E-state index in [1.54, 1.807) is 0 Å². The van der Waals surface area contributed by atoms with Crippen molar-refractivity contribution < 1.29 is 9.53 Å². The van der Waals surface area contributed by atoms with Crippen molar-refractivity contribution in [2.45, 2.75) is 13.8 Å². The van der Waals surface area contributed by atoms with Crippen LogP contribution in [-0.4, -0.2) is 19.6 Å². The van der Waals surface area contributed by atoms with Gasteiger partial charge in [-0.3, -0.25) is 4.79 Å². The predicted octanol–water partition coefficient (Wildman–Crippen LogP) is 1.89. The van der Waals surface area contributed by atoms with E-state index in [4.69, 9.17) is 4.74 Å². The summed E-state index contributed by atoms with van der Waals surface area (Å²) in [6.45, 7) is 4.08. The second kappa shape index (κ2) is 4.77. The molecule has 0 radical (unpaired) electrons. The number of anilines is 1. The Hall–Kier alpha value is -1.35. The topological polar surface area (TPSA) is 38.3 Å². The molecule has 14 heavy (non-hydrogen) atoms. The second-order valence-electron chi connectivity index (χ2n) is 3.30. The molecule has 1 N–H and O–H groups in total. The van der Waals surface area contributed by atoms with E-state index in [-0.39, 0.29) is 12.5 Å². The molecular weight excluding hydrogens is 178 g/mol. The van der Waals surface area contributed by atoms with Gasteiger partial charge in [-0.2, -0.15) is 0 Å². The maximum Gasteiger partial charge on any atom is 0.250 e. The normalized spacial score (nSPS) is 9.93. The first-order valence-electron chi connectivity index (χ1n) is 4.49. The van der Waals surface area contributed by atoms with Crippen molar-refractivity contribution in [2.75, 3.05) is 19.0 Å². The van der Waals surface area contributed by atoms with Crippen molar-refractivity contribution in [3.63, 3.8) is 0 Å². The highest BCUT2D eigenvalue weighted by atomic mass is 16.5. The second-order valence-corrected chi connectivity index (χ2v) is 3.30. The van der Waals surface area contributed by atoms with E-state index in [2.05, 4.69) is 5.32 Å². The summed E-state index contributed by atoms with van der Waals surface area (Å²) >= 11 is 0. The van der Waals surface area contributed by atoms with Crippen LogP contribution in [0.5, 0.6) is 0 Å². The van der Waals surface area contributed by atoms with Crippen molar-refractivity contribution >= 4 is 11.6 Å². The van der Waals surface area contributed by atoms with E-state index < -0.39 is 0 Å². The van der Waals surface area contributed by atoms with E-state index in [1.807, 2.05) is 32.0 Å². The SMILES string of the molecule is COCC(=O)Nc1ccc(C)cc1C. The summed E-state index contributed by atoms with van der Waals surface area (Å²) in [6.07, 6.45) is 0. The maximum absolute atomic E-state index is 11.2. The van der Waals surface area contributed by atoms with Crippen molar-refractivity contribution in [1.29, 1.82) is 0 Å². The molecule has 1 aromatic rings. The van der Waals surface area contributed by atoms with E-state index in [1.165, 1.54) is 12.7 Å². The average molecular weight is 193 g/mol. The van der Waals surface area contributed by atoms with Crippen LogP contribution in [-0.2, 0) is 9.53 Å². The highest BCUT2D eigenvalue weighted by Gasteiger charge is 2.03. The number of methoxy groups -OCH3 is 1. The van der Waals surface area contributed by atoms with Gasteiger partial charge in [-0.15, -0.1) is 0 Å². The van der Waals surface area contributed by atoms with Gasteiger partial charge in [0.05, 0.1) is 0 Å². The van der Waals surface area contributed by atoms with Crippen molar-refractivity contribution in [3.05, 3.63) is 29.3 Å². The Bertz CT molecular complexity index is 334. The van der Waals surface area contributed by atoms with Crippen LogP contribution in [0.25, 0.3) is 0 Å². The minimum Gasteiger partial charge on any atom is -0.375 e. The van der Waals surface area contributed by atoms with Crippen LogP contribution in [0.1, 0.15) is 11.1 Å². The number of nitrogens with one attached hydrogen (secondary N) is 1. The van der Waals surface area contributed by atoms with Gasteiger partial charge >= 0.3 is 0 Å². The first kappa shape index (κ1) is 10.7. The lowest BCUT2D eigenvalue weighted by atomic mass is 10.1. The molecule has 0 heterocycles. The van der Waals surface area contributed by atoms with Crippen LogP contribution < -0.4 is 5.32 Å². The first-order chi connectivity index (χ1) is 6.63. The fraction of sp³-hybridized carbons (Fsp3) is 0.364. The Kier molecular flexibility index (Phi) is 3.65. The number of benzene rings is 1. The van der Waals surface area contributed by atoms with Gasteiger partial charge in [0, 0.05) is 12.8 Å². The van der Waals surface area contributed by atoms with Crippen molar-refractivity contribution in [2.24, 2.45) is 0 Å². The summed E-state index contributed by atoms with van der Waals surface area (Å²) in [5, 5.41) is 2.77. The van der Waals surface area contributed by atoms with Gasteiger partial charge < -0.3 is 10.1 Å². The summed E-state index contributed by atoms with van der Waals surface area (Å²) in [4.78, 5) is 11.2. The number of carbonyl (C=O) groups is 1. The molecular formula is C11H15NO2. The lowest BCUT2D eigenvalue weighted by Crippen LogP contribution is -2.17. The minimum absolute atomic E-state index is 0.0906. The van der Waals surface area contributed by atoms with Gasteiger partial charge in [0.1, 0.15) is 6.61 Å². The molecule has 0 spiro atoms. The number of hydrogen-bond donors (Lipinski definition) is 1. The summed E-state index contributed by atoms with van der Waals surface area (Å²) in [6, 6.07) is 5.90. The lowest BCUT2D eigenvalue weighted by Gasteiger charge is -2.08. The van der Waals surface area contributed by atoms with Gasteiger partial charge in [0.25, 0.3) is 0 Å². The molecule has 0 aliphatic rings. The largest absolute Gasteiger partial charge is 0.375 e. The zero-order valence-electron chi connectivity index (χ0n) is 8.76. The van der Waals surface area contributed by atoms with Crippen LogP contribution >= 0.6 is 0 Å². The molecule has 0 bridgehead atoms. The summed E-state index contributed by atoms with van der Waals surface area (Å²) in [5.41, 5.74) is 3.10. The zero-order valence-corrected chi connectivity index (χ0v) is 8.76. The van der Waals surface area contributed by atoms with Crippen LogP contribution in [0.4, 0.5) is 5.69 Å². The molecule has 0 atom stereocenters. The Morgan fingerprint density at radius 3 is 2.71 bits per heavy atom. The standard InChI is InChI=1S/C11H15NO2/c1-8-4-5-10(9(2)6-8)12-11(13)7-14-3/h4-6H,7H2,1-3H3,(H,12,13). The van der Waals surface area contributed by atoms with Gasteiger partial charge in [-0.1, -0.05) is 17.7 Å². The predicted molar refractivity (Wildman–Crippen MR) is 56.4 cm³/mol. The number of aryl methyl sites for hydroxylation is 2. The summed E-state index contributed by atoms with van der Waals surface area (Å²) in [7, 11) is 1.50. The number of rotatable bonds is 3. The van der Waals surface area contributed by atoms with Gasteiger partial charge in [0.2, 0.25) is 5.91 Å². The highest BCUT2D eigenvalue weighted by Crippen LogP contribution is 2.15. The Labute approximate surface area is 84.1 Å². The maximum atomic E-state index is 11.2. The molecule has 0 fully saturated rings. The molecule has 1 aromatic carbocycles. The fourth-order valence-corrected chi connectivity index (χ4v) is 1.27. The smallest absolute Gasteiger partial charge is 0.250 e. The van der Waals surface area contributed by atoms with E-state index >= 15 is 0 Å². The van der Waals surface area contributed by atoms with E-state index in [0.717, 1.165) is 11.3 Å². The van der Waals surface area contributed by atoms with Gasteiger partial charge in [0.15, 0.2) is 0 Å². The Morgan fingerprint density at radius 2 is 2.14 bits per heavy atom. The van der Waals surface area contributed by atoms with Crippen molar-refractivity contribution in [3.8, 4) is 0 Å². The molecule has 1 amide bonds. The van der Waals surface area contributed by atoms with Gasteiger partial charge in [-0.25, -0.2) is 0 Å². The zero-order chi connectivity index (χ0) is 10.6. The number of hydrogen-bond acceptors (Lipinski definition) is 2. The quantitative estimate of drug-likeness (QED) is 0.796. The number of carbonyl (C=O) groups excluding carboxylic acids is 1. The molecule has 0 aliphatic carbocycles. The highest BCUT2D eigenvalue weighted by molar-refractivity contribution is 5.92. The molecule has 1 rings (SSSR count). The minimum atomic E-state index is -0.126. The average Bonchev–Trinajstić information content (AvgIpc) is 2.10. The third-order valence-electron chi connectivity index (χ3n) is 1.93. The van der Waals surface area contributed by atoms with E-state index in [9.17, 15) is 4.79 Å². The monoisotopic (exact) mass is 193 g/mol. The Morgan fingerprint density at radius 1 is 1.43 bits per heavy atom. The van der Waals surface area contributed by atoms with Crippen LogP contribution in [0, 0.1) is 13.8 Å². The lowest BCUT2D eigenvalue weighted by molar-refractivity contribution is -0.119. The molecule has 76 valence electrons. The molecule has 0 unspecified atom stereocenters. The third kappa shape index (κ3) is 2.85. The van der Waals surface area contributed by atoms with Crippen LogP contribution in [0.3, 0.4) is 0 Å². The molecule has 0 aromatic heterocycles. The van der Waals surface area contributed by atoms with Crippen LogP contribution in [0.2, 0.25) is 0 Å². The number of amides is 1.